The first kappa shape index (κ1) is 17.0. The van der Waals surface area contributed by atoms with Crippen molar-refractivity contribution in [2.24, 2.45) is 0 Å². The highest BCUT2D eigenvalue weighted by Crippen LogP contribution is 2.34. The highest BCUT2D eigenvalue weighted by atomic mass is 14.9. The lowest BCUT2D eigenvalue weighted by Crippen LogP contribution is -2.23. The van der Waals surface area contributed by atoms with E-state index in [1.54, 1.807) is 0 Å². The van der Waals surface area contributed by atoms with Crippen LogP contribution in [0.3, 0.4) is 0 Å². The van der Waals surface area contributed by atoms with Crippen molar-refractivity contribution in [2.45, 2.75) is 84.0 Å². The van der Waals surface area contributed by atoms with E-state index in [2.05, 4.69) is 30.7 Å². The number of nitrogens with zero attached hydrogens (tertiary/aromatic N) is 2. The van der Waals surface area contributed by atoms with Gasteiger partial charge < -0.3 is 4.98 Å². The van der Waals surface area contributed by atoms with Gasteiger partial charge in [-0.1, -0.05) is 65.7 Å². The molecule has 122 valence electrons. The molecule has 3 heteroatoms. The Hall–Kier alpha value is -1.38. The summed E-state index contributed by atoms with van der Waals surface area (Å²) in [5.41, 5.74) is 2.27. The lowest BCUT2D eigenvalue weighted by atomic mass is 9.79. The molecule has 0 saturated heterocycles. The zero-order chi connectivity index (χ0) is 15.8. The van der Waals surface area contributed by atoms with E-state index < -0.39 is 0 Å². The van der Waals surface area contributed by atoms with Crippen molar-refractivity contribution in [3.8, 4) is 0 Å². The van der Waals surface area contributed by atoms with Crippen molar-refractivity contribution in [3.63, 3.8) is 0 Å². The molecule has 0 spiro atoms. The van der Waals surface area contributed by atoms with Gasteiger partial charge in [0.1, 0.15) is 5.82 Å². The molecular formula is C19H31N3. The molecule has 0 amide bonds. The van der Waals surface area contributed by atoms with Gasteiger partial charge in [0.25, 0.3) is 0 Å². The summed E-state index contributed by atoms with van der Waals surface area (Å²) in [5, 5.41) is 0. The number of H-pyrrole nitrogens is 1. The Labute approximate surface area is 135 Å². The van der Waals surface area contributed by atoms with Crippen LogP contribution in [0, 0.1) is 0 Å². The Bertz CT molecular complexity index is 528. The summed E-state index contributed by atoms with van der Waals surface area (Å²) in [6.45, 7) is 6.92. The van der Waals surface area contributed by atoms with E-state index in [0.717, 1.165) is 16.9 Å². The van der Waals surface area contributed by atoms with Crippen molar-refractivity contribution in [2.75, 3.05) is 0 Å². The Morgan fingerprint density at radius 2 is 1.73 bits per heavy atom. The van der Waals surface area contributed by atoms with Gasteiger partial charge in [-0.2, -0.15) is 0 Å². The van der Waals surface area contributed by atoms with E-state index in [1.807, 2.05) is 18.5 Å². The normalized spacial score (nSPS) is 14.3. The van der Waals surface area contributed by atoms with Crippen LogP contribution in [0.15, 0.2) is 18.5 Å². The van der Waals surface area contributed by atoms with Crippen molar-refractivity contribution in [1.29, 1.82) is 0 Å². The fourth-order valence-electron chi connectivity index (χ4n) is 3.19. The van der Waals surface area contributed by atoms with Crippen molar-refractivity contribution < 1.29 is 0 Å². The summed E-state index contributed by atoms with van der Waals surface area (Å²) < 4.78 is 0. The quantitative estimate of drug-likeness (QED) is 0.566. The third-order valence-electron chi connectivity index (χ3n) is 4.77. The molecule has 0 fully saturated rings. The second-order valence-electron chi connectivity index (χ2n) is 6.81. The lowest BCUT2D eigenvalue weighted by Gasteiger charge is -2.27. The summed E-state index contributed by atoms with van der Waals surface area (Å²) in [5.74, 6) is 1.15. The van der Waals surface area contributed by atoms with Gasteiger partial charge in [0.2, 0.25) is 0 Å². The topological polar surface area (TPSA) is 41.6 Å². The van der Waals surface area contributed by atoms with Gasteiger partial charge in [0.15, 0.2) is 0 Å². The van der Waals surface area contributed by atoms with Crippen LogP contribution in [0.5, 0.6) is 0 Å². The molecule has 0 saturated carbocycles. The fourth-order valence-corrected chi connectivity index (χ4v) is 3.19. The van der Waals surface area contributed by atoms with Gasteiger partial charge >= 0.3 is 0 Å². The SMILES string of the molecule is CCCCCCCC(C)(CCCC)c1nc2ccncc2[nH]1. The van der Waals surface area contributed by atoms with E-state index in [4.69, 9.17) is 4.98 Å². The number of hydrogen-bond acceptors (Lipinski definition) is 2. The number of fused-ring (bicyclic) bond motifs is 1. The highest BCUT2D eigenvalue weighted by molar-refractivity contribution is 5.73. The first-order valence-electron chi connectivity index (χ1n) is 9.00. The standard InChI is InChI=1S/C19H31N3/c1-4-6-8-9-10-13-19(3,12-7-5-2)18-21-16-11-14-20-15-17(16)22-18/h11,14-15H,4-10,12-13H2,1-3H3,(H,21,22). The average molecular weight is 301 g/mol. The van der Waals surface area contributed by atoms with E-state index in [-0.39, 0.29) is 5.41 Å². The molecule has 1 N–H and O–H groups in total. The zero-order valence-corrected chi connectivity index (χ0v) is 14.5. The van der Waals surface area contributed by atoms with E-state index in [1.165, 1.54) is 57.8 Å². The number of hydrogen-bond donors (Lipinski definition) is 1. The summed E-state index contributed by atoms with van der Waals surface area (Å²) in [6.07, 6.45) is 15.3. The van der Waals surface area contributed by atoms with E-state index >= 15 is 0 Å². The maximum absolute atomic E-state index is 4.86. The Kier molecular flexibility index (Phi) is 6.41. The molecule has 2 heterocycles. The number of imidazole rings is 1. The minimum atomic E-state index is 0.168. The second-order valence-corrected chi connectivity index (χ2v) is 6.81. The Balaban J connectivity index is 2.09. The molecule has 2 aromatic rings. The first-order valence-corrected chi connectivity index (χ1v) is 9.00. The molecule has 3 nitrogen and oxygen atoms in total. The smallest absolute Gasteiger partial charge is 0.113 e. The number of nitrogens with one attached hydrogen (secondary N) is 1. The molecule has 2 aromatic heterocycles. The van der Waals surface area contributed by atoms with Crippen LogP contribution in [0.4, 0.5) is 0 Å². The molecule has 0 aliphatic heterocycles. The van der Waals surface area contributed by atoms with Crippen LogP contribution >= 0.6 is 0 Å². The van der Waals surface area contributed by atoms with Gasteiger partial charge in [-0.25, -0.2) is 4.98 Å². The third-order valence-corrected chi connectivity index (χ3v) is 4.77. The van der Waals surface area contributed by atoms with Crippen LogP contribution in [-0.4, -0.2) is 15.0 Å². The molecule has 22 heavy (non-hydrogen) atoms. The average Bonchev–Trinajstić information content (AvgIpc) is 2.97. The fraction of sp³-hybridized carbons (Fsp3) is 0.684. The summed E-state index contributed by atoms with van der Waals surface area (Å²) in [4.78, 5) is 12.6. The number of unbranched alkanes of at least 4 members (excludes halogenated alkanes) is 5. The van der Waals surface area contributed by atoms with Gasteiger partial charge in [0.05, 0.1) is 17.2 Å². The molecule has 0 aromatic carbocycles. The first-order chi connectivity index (χ1) is 10.7. The predicted molar refractivity (Wildman–Crippen MR) is 94.1 cm³/mol. The van der Waals surface area contributed by atoms with E-state index in [9.17, 15) is 0 Å². The molecule has 0 bridgehead atoms. The number of aromatic nitrogens is 3. The van der Waals surface area contributed by atoms with Gasteiger partial charge in [0, 0.05) is 11.6 Å². The summed E-state index contributed by atoms with van der Waals surface area (Å²) >= 11 is 0. The van der Waals surface area contributed by atoms with Crippen molar-refractivity contribution in [3.05, 3.63) is 24.3 Å². The summed E-state index contributed by atoms with van der Waals surface area (Å²) in [7, 11) is 0. The van der Waals surface area contributed by atoms with E-state index in [0.29, 0.717) is 0 Å². The minimum Gasteiger partial charge on any atom is -0.340 e. The lowest BCUT2D eigenvalue weighted by molar-refractivity contribution is 0.352. The maximum atomic E-state index is 4.86. The molecule has 1 unspecified atom stereocenters. The monoisotopic (exact) mass is 301 g/mol. The molecule has 1 atom stereocenters. The predicted octanol–water partition coefficient (Wildman–Crippen LogP) is 5.77. The second kappa shape index (κ2) is 8.30. The third kappa shape index (κ3) is 4.31. The zero-order valence-electron chi connectivity index (χ0n) is 14.5. The molecule has 2 rings (SSSR count). The molecular weight excluding hydrogens is 270 g/mol. The van der Waals surface area contributed by atoms with Gasteiger partial charge in [-0.05, 0) is 18.9 Å². The largest absolute Gasteiger partial charge is 0.340 e. The minimum absolute atomic E-state index is 0.168. The maximum Gasteiger partial charge on any atom is 0.113 e. The number of rotatable bonds is 10. The molecule has 0 radical (unpaired) electrons. The summed E-state index contributed by atoms with van der Waals surface area (Å²) in [6, 6.07) is 2.00. The number of pyridine rings is 1. The van der Waals surface area contributed by atoms with Crippen LogP contribution in [0.2, 0.25) is 0 Å². The Morgan fingerprint density at radius 1 is 1.00 bits per heavy atom. The van der Waals surface area contributed by atoms with Gasteiger partial charge in [-0.15, -0.1) is 0 Å². The van der Waals surface area contributed by atoms with Crippen LogP contribution in [-0.2, 0) is 5.41 Å². The van der Waals surface area contributed by atoms with Crippen LogP contribution in [0.1, 0.15) is 84.4 Å². The van der Waals surface area contributed by atoms with Crippen LogP contribution < -0.4 is 0 Å². The van der Waals surface area contributed by atoms with Crippen molar-refractivity contribution in [1.82, 2.24) is 15.0 Å². The molecule has 0 aliphatic carbocycles. The van der Waals surface area contributed by atoms with Gasteiger partial charge in [-0.3, -0.25) is 4.98 Å². The number of aromatic amines is 1. The van der Waals surface area contributed by atoms with Crippen LogP contribution in [0.25, 0.3) is 11.0 Å². The highest BCUT2D eigenvalue weighted by Gasteiger charge is 2.29. The Morgan fingerprint density at radius 3 is 2.45 bits per heavy atom. The molecule has 0 aliphatic rings. The van der Waals surface area contributed by atoms with Crippen molar-refractivity contribution >= 4 is 11.0 Å².